The fourth-order valence-electron chi connectivity index (χ4n) is 3.48. The molecule has 3 heterocycles. The van der Waals surface area contributed by atoms with Crippen molar-refractivity contribution in [2.75, 3.05) is 6.54 Å². The smallest absolute Gasteiger partial charge is 0.240 e. The summed E-state index contributed by atoms with van der Waals surface area (Å²) in [5, 5.41) is 0. The number of hydrogen-bond donors (Lipinski definition) is 1. The summed E-state index contributed by atoms with van der Waals surface area (Å²) < 4.78 is 35.7. The molecule has 2 unspecified atom stereocenters. The number of hydrogen-bond acceptors (Lipinski definition) is 4. The van der Waals surface area contributed by atoms with Crippen LogP contribution in [0.25, 0.3) is 0 Å². The number of sulfonamides is 1. The molecular weight excluding hydrogens is 326 g/mol. The van der Waals surface area contributed by atoms with Gasteiger partial charge in [0.25, 0.3) is 0 Å². The number of fused-ring (bicyclic) bond motifs is 2. The molecule has 0 fully saturated rings. The minimum atomic E-state index is -3.49. The maximum atomic E-state index is 12.6. The number of aromatic nitrogens is 2. The van der Waals surface area contributed by atoms with Gasteiger partial charge in [-0.3, -0.25) is 0 Å². The molecule has 4 rings (SSSR count). The molecule has 128 valence electrons. The van der Waals surface area contributed by atoms with E-state index in [1.807, 2.05) is 13.1 Å². The third-order valence-electron chi connectivity index (χ3n) is 4.77. The van der Waals surface area contributed by atoms with Gasteiger partial charge < -0.3 is 9.30 Å². The number of benzene rings is 1. The van der Waals surface area contributed by atoms with Gasteiger partial charge in [0.05, 0.1) is 4.90 Å². The van der Waals surface area contributed by atoms with E-state index in [-0.39, 0.29) is 6.10 Å². The normalized spacial score (nSPS) is 22.7. The van der Waals surface area contributed by atoms with Crippen LogP contribution in [0.15, 0.2) is 35.5 Å². The summed E-state index contributed by atoms with van der Waals surface area (Å²) in [6, 6.07) is 5.11. The first-order valence-electron chi connectivity index (χ1n) is 8.30. The van der Waals surface area contributed by atoms with Crippen LogP contribution < -0.4 is 9.46 Å². The van der Waals surface area contributed by atoms with Gasteiger partial charge in [0, 0.05) is 38.3 Å². The van der Waals surface area contributed by atoms with Crippen LogP contribution in [0, 0.1) is 5.92 Å². The summed E-state index contributed by atoms with van der Waals surface area (Å²) in [4.78, 5) is 4.62. The molecule has 1 aromatic heterocycles. The minimum absolute atomic E-state index is 0.109. The summed E-state index contributed by atoms with van der Waals surface area (Å²) in [6.07, 6.45) is 6.47. The van der Waals surface area contributed by atoms with E-state index < -0.39 is 10.0 Å². The summed E-state index contributed by atoms with van der Waals surface area (Å²) in [5.41, 5.74) is 0.964. The first-order valence-corrected chi connectivity index (χ1v) is 9.79. The summed E-state index contributed by atoms with van der Waals surface area (Å²) in [6.45, 7) is 3.25. The molecule has 7 heteroatoms. The molecule has 2 atom stereocenters. The molecule has 6 nitrogen and oxygen atoms in total. The monoisotopic (exact) mass is 347 g/mol. The zero-order valence-electron chi connectivity index (χ0n) is 13.6. The zero-order chi connectivity index (χ0) is 16.7. The average Bonchev–Trinajstić information content (AvgIpc) is 3.16. The third-order valence-corrected chi connectivity index (χ3v) is 6.19. The van der Waals surface area contributed by atoms with E-state index in [9.17, 15) is 8.42 Å². The highest BCUT2D eigenvalue weighted by Crippen LogP contribution is 2.30. The van der Waals surface area contributed by atoms with Gasteiger partial charge in [-0.2, -0.15) is 0 Å². The Bertz CT molecular complexity index is 860. The van der Waals surface area contributed by atoms with E-state index in [0.29, 0.717) is 17.4 Å². The maximum Gasteiger partial charge on any atom is 0.240 e. The fraction of sp³-hybridized carbons (Fsp3) is 0.471. The van der Waals surface area contributed by atoms with E-state index in [2.05, 4.69) is 14.3 Å². The van der Waals surface area contributed by atoms with Gasteiger partial charge in [0.1, 0.15) is 17.7 Å². The van der Waals surface area contributed by atoms with Crippen LogP contribution in [0.1, 0.15) is 24.7 Å². The highest BCUT2D eigenvalue weighted by molar-refractivity contribution is 7.89. The van der Waals surface area contributed by atoms with Crippen LogP contribution in [0.2, 0.25) is 0 Å². The predicted octanol–water partition coefficient (Wildman–Crippen LogP) is 1.75. The molecule has 0 bridgehead atoms. The van der Waals surface area contributed by atoms with Gasteiger partial charge in [0.15, 0.2) is 0 Å². The maximum absolute atomic E-state index is 12.6. The van der Waals surface area contributed by atoms with Gasteiger partial charge >= 0.3 is 0 Å². The third kappa shape index (κ3) is 2.93. The first kappa shape index (κ1) is 15.7. The predicted molar refractivity (Wildman–Crippen MR) is 89.5 cm³/mol. The van der Waals surface area contributed by atoms with E-state index in [1.165, 1.54) is 0 Å². The number of aryl methyl sites for hydroxylation is 1. The molecule has 1 aromatic carbocycles. The molecule has 0 amide bonds. The van der Waals surface area contributed by atoms with Crippen LogP contribution in [0.4, 0.5) is 0 Å². The van der Waals surface area contributed by atoms with Gasteiger partial charge in [-0.05, 0) is 43.0 Å². The van der Waals surface area contributed by atoms with Crippen molar-refractivity contribution >= 4 is 10.0 Å². The van der Waals surface area contributed by atoms with Crippen LogP contribution in [0.3, 0.4) is 0 Å². The molecule has 24 heavy (non-hydrogen) atoms. The lowest BCUT2D eigenvalue weighted by Crippen LogP contribution is -2.33. The molecular formula is C17H21N3O3S. The van der Waals surface area contributed by atoms with Crippen molar-refractivity contribution in [3.05, 3.63) is 42.0 Å². The van der Waals surface area contributed by atoms with E-state index in [4.69, 9.17) is 4.74 Å². The highest BCUT2D eigenvalue weighted by atomic mass is 32.2. The number of imidazole rings is 1. The number of nitrogens with zero attached hydrogens (tertiary/aromatic N) is 2. The van der Waals surface area contributed by atoms with Crippen LogP contribution >= 0.6 is 0 Å². The van der Waals surface area contributed by atoms with Crippen molar-refractivity contribution in [3.63, 3.8) is 0 Å². The second-order valence-corrected chi connectivity index (χ2v) is 8.42. The summed E-state index contributed by atoms with van der Waals surface area (Å²) in [7, 11) is -3.49. The lowest BCUT2D eigenvalue weighted by molar-refractivity contribution is 0.254. The minimum Gasteiger partial charge on any atom is -0.490 e. The Hall–Kier alpha value is -1.86. The fourth-order valence-corrected chi connectivity index (χ4v) is 4.65. The van der Waals surface area contributed by atoms with Gasteiger partial charge in [-0.15, -0.1) is 0 Å². The quantitative estimate of drug-likeness (QED) is 0.914. The molecule has 0 radical (unpaired) electrons. The Morgan fingerprint density at radius 3 is 3.17 bits per heavy atom. The summed E-state index contributed by atoms with van der Waals surface area (Å²) in [5.74, 6) is 2.17. The van der Waals surface area contributed by atoms with Crippen molar-refractivity contribution in [2.24, 2.45) is 5.92 Å². The molecule has 0 saturated carbocycles. The van der Waals surface area contributed by atoms with Crippen molar-refractivity contribution in [1.82, 2.24) is 14.3 Å². The van der Waals surface area contributed by atoms with E-state index in [1.54, 1.807) is 24.4 Å². The Morgan fingerprint density at radius 2 is 2.29 bits per heavy atom. The van der Waals surface area contributed by atoms with Crippen LogP contribution in [-0.4, -0.2) is 30.6 Å². The Morgan fingerprint density at radius 1 is 1.42 bits per heavy atom. The number of ether oxygens (including phenoxy) is 1. The van der Waals surface area contributed by atoms with Crippen molar-refractivity contribution < 1.29 is 13.2 Å². The largest absolute Gasteiger partial charge is 0.490 e. The zero-order valence-corrected chi connectivity index (χ0v) is 14.4. The Labute approximate surface area is 141 Å². The lowest BCUT2D eigenvalue weighted by atomic mass is 10.00. The topological polar surface area (TPSA) is 73.2 Å². The molecule has 1 N–H and O–H groups in total. The molecule has 0 aliphatic carbocycles. The molecule has 2 aliphatic heterocycles. The van der Waals surface area contributed by atoms with Crippen LogP contribution in [-0.2, 0) is 29.4 Å². The summed E-state index contributed by atoms with van der Waals surface area (Å²) >= 11 is 0. The second-order valence-electron chi connectivity index (χ2n) is 6.65. The standard InChI is InChI=1S/C17H21N3O3S/c1-12-8-14-9-15(3-4-16(14)23-12)24(21,22)19-10-13-2-5-17-18-6-7-20(17)11-13/h3-4,6-7,9,12-13,19H,2,5,8,10-11H2,1H3. The Kier molecular flexibility index (Phi) is 3.85. The Balaban J connectivity index is 1.44. The van der Waals surface area contributed by atoms with E-state index in [0.717, 1.165) is 42.9 Å². The van der Waals surface area contributed by atoms with Crippen molar-refractivity contribution in [3.8, 4) is 5.75 Å². The van der Waals surface area contributed by atoms with Gasteiger partial charge in [-0.25, -0.2) is 18.1 Å². The SMILES string of the molecule is CC1Cc2cc(S(=O)(=O)NCC3CCc4nccn4C3)ccc2O1. The highest BCUT2D eigenvalue weighted by Gasteiger charge is 2.24. The second kappa shape index (κ2) is 5.89. The molecule has 2 aliphatic rings. The van der Waals surface area contributed by atoms with Gasteiger partial charge in [0.2, 0.25) is 10.0 Å². The lowest BCUT2D eigenvalue weighted by Gasteiger charge is -2.23. The molecule has 0 saturated heterocycles. The first-order chi connectivity index (χ1) is 11.5. The average molecular weight is 347 g/mol. The van der Waals surface area contributed by atoms with Crippen molar-refractivity contribution in [2.45, 2.75) is 43.7 Å². The number of nitrogens with one attached hydrogen (secondary N) is 1. The number of rotatable bonds is 4. The van der Waals surface area contributed by atoms with Crippen LogP contribution in [0.5, 0.6) is 5.75 Å². The molecule has 0 spiro atoms. The van der Waals surface area contributed by atoms with E-state index >= 15 is 0 Å². The van der Waals surface area contributed by atoms with Gasteiger partial charge in [-0.1, -0.05) is 0 Å². The van der Waals surface area contributed by atoms with Crippen molar-refractivity contribution in [1.29, 1.82) is 0 Å². The molecule has 2 aromatic rings.